The summed E-state index contributed by atoms with van der Waals surface area (Å²) in [7, 11) is 0. The molecule has 0 fully saturated rings. The highest BCUT2D eigenvalue weighted by atomic mass is 16.5. The van der Waals surface area contributed by atoms with Crippen molar-refractivity contribution in [2.45, 2.75) is 13.3 Å². The Morgan fingerprint density at radius 1 is 1.06 bits per heavy atom. The zero-order valence-electron chi connectivity index (χ0n) is 10.7. The molecule has 2 rings (SSSR count). The molecule has 0 saturated carbocycles. The minimum atomic E-state index is 0.760. The maximum Gasteiger partial charge on any atom is 0.119 e. The van der Waals surface area contributed by atoms with Gasteiger partial charge in [-0.25, -0.2) is 0 Å². The number of ether oxygens (including phenoxy) is 1. The minimum Gasteiger partial charge on any atom is -0.494 e. The van der Waals surface area contributed by atoms with Gasteiger partial charge in [-0.05, 0) is 41.3 Å². The maximum absolute atomic E-state index is 5.65. The molecule has 0 unspecified atom stereocenters. The summed E-state index contributed by atoms with van der Waals surface area (Å²) < 4.78 is 5.65. The third-order valence-corrected chi connectivity index (χ3v) is 2.76. The van der Waals surface area contributed by atoms with Gasteiger partial charge in [-0.1, -0.05) is 49.9 Å². The van der Waals surface area contributed by atoms with Gasteiger partial charge in [-0.2, -0.15) is 0 Å². The first-order valence-electron chi connectivity index (χ1n) is 6.29. The zero-order chi connectivity index (χ0) is 12.8. The van der Waals surface area contributed by atoms with Gasteiger partial charge in [0.15, 0.2) is 0 Å². The molecule has 1 heteroatoms. The highest BCUT2D eigenvalue weighted by Gasteiger charge is 2.00. The second-order valence-corrected chi connectivity index (χ2v) is 4.21. The molecule has 0 amide bonds. The van der Waals surface area contributed by atoms with E-state index in [-0.39, 0.29) is 0 Å². The first-order valence-corrected chi connectivity index (χ1v) is 6.29. The summed E-state index contributed by atoms with van der Waals surface area (Å²) in [5.74, 6) is 0.929. The Balaban J connectivity index is 2.29. The van der Waals surface area contributed by atoms with Crippen LogP contribution in [0.3, 0.4) is 0 Å². The second-order valence-electron chi connectivity index (χ2n) is 4.21. The average Bonchev–Trinajstić information content (AvgIpc) is 2.45. The third kappa shape index (κ3) is 3.01. The van der Waals surface area contributed by atoms with Gasteiger partial charge < -0.3 is 4.74 Å². The van der Waals surface area contributed by atoms with Crippen LogP contribution >= 0.6 is 0 Å². The van der Waals surface area contributed by atoms with E-state index in [1.165, 1.54) is 11.1 Å². The lowest BCUT2D eigenvalue weighted by molar-refractivity contribution is 0.317. The van der Waals surface area contributed by atoms with Crippen LogP contribution in [0.25, 0.3) is 17.2 Å². The monoisotopic (exact) mass is 238 g/mol. The van der Waals surface area contributed by atoms with E-state index in [1.54, 1.807) is 0 Å². The molecule has 0 bridgehead atoms. The number of hydrogen-bond donors (Lipinski definition) is 0. The molecule has 0 aliphatic rings. The van der Waals surface area contributed by atoms with Crippen molar-refractivity contribution < 1.29 is 4.74 Å². The second kappa shape index (κ2) is 6.06. The smallest absolute Gasteiger partial charge is 0.119 e. The van der Waals surface area contributed by atoms with E-state index in [2.05, 4.69) is 37.8 Å². The Kier molecular flexibility index (Phi) is 4.19. The minimum absolute atomic E-state index is 0.760. The summed E-state index contributed by atoms with van der Waals surface area (Å²) in [6.45, 7) is 6.67. The first-order chi connectivity index (χ1) is 8.83. The molecule has 0 atom stereocenters. The molecule has 0 heterocycles. The maximum atomic E-state index is 5.65. The molecule has 2 aromatic carbocycles. The van der Waals surface area contributed by atoms with Crippen LogP contribution in [0.15, 0.2) is 55.1 Å². The molecular weight excluding hydrogens is 220 g/mol. The Morgan fingerprint density at radius 3 is 2.50 bits per heavy atom. The highest BCUT2D eigenvalue weighted by Crippen LogP contribution is 2.25. The van der Waals surface area contributed by atoms with Gasteiger partial charge in [0.1, 0.15) is 5.75 Å². The molecule has 0 radical (unpaired) electrons. The molecule has 2 aromatic rings. The molecule has 1 nitrogen and oxygen atoms in total. The SMILES string of the molecule is C=Cc1cccc(-c2cccc(OCCC)c2)c1. The van der Waals surface area contributed by atoms with Gasteiger partial charge in [-0.15, -0.1) is 0 Å². The lowest BCUT2D eigenvalue weighted by atomic mass is 10.0. The van der Waals surface area contributed by atoms with Crippen molar-refractivity contribution in [3.63, 3.8) is 0 Å². The van der Waals surface area contributed by atoms with E-state index in [1.807, 2.05) is 30.3 Å². The van der Waals surface area contributed by atoms with E-state index >= 15 is 0 Å². The van der Waals surface area contributed by atoms with Gasteiger partial charge in [-0.3, -0.25) is 0 Å². The van der Waals surface area contributed by atoms with Crippen LogP contribution in [0.2, 0.25) is 0 Å². The van der Waals surface area contributed by atoms with Crippen molar-refractivity contribution >= 4 is 6.08 Å². The topological polar surface area (TPSA) is 9.23 Å². The van der Waals surface area contributed by atoms with E-state index in [0.717, 1.165) is 24.3 Å². The molecule has 0 N–H and O–H groups in total. The molecule has 92 valence electrons. The fraction of sp³-hybridized carbons (Fsp3) is 0.176. The summed E-state index contributed by atoms with van der Waals surface area (Å²) in [5.41, 5.74) is 3.49. The standard InChI is InChI=1S/C17H18O/c1-3-11-18-17-10-6-9-16(13-17)15-8-5-7-14(4-2)12-15/h4-10,12-13H,2-3,11H2,1H3. The quantitative estimate of drug-likeness (QED) is 0.728. The third-order valence-electron chi connectivity index (χ3n) is 2.76. The normalized spacial score (nSPS) is 10.1. The van der Waals surface area contributed by atoms with Crippen molar-refractivity contribution in [1.82, 2.24) is 0 Å². The Bertz CT molecular complexity index is 529. The Morgan fingerprint density at radius 2 is 1.78 bits per heavy atom. The lowest BCUT2D eigenvalue weighted by Gasteiger charge is -2.07. The Labute approximate surface area is 109 Å². The number of benzene rings is 2. The van der Waals surface area contributed by atoms with Crippen molar-refractivity contribution in [3.05, 3.63) is 60.7 Å². The molecule has 18 heavy (non-hydrogen) atoms. The summed E-state index contributed by atoms with van der Waals surface area (Å²) in [6.07, 6.45) is 2.89. The summed E-state index contributed by atoms with van der Waals surface area (Å²) in [5, 5.41) is 0. The molecule has 0 aromatic heterocycles. The molecule has 0 aliphatic carbocycles. The predicted octanol–water partition coefficient (Wildman–Crippen LogP) is 4.79. The highest BCUT2D eigenvalue weighted by molar-refractivity contribution is 5.68. The van der Waals surface area contributed by atoms with Crippen LogP contribution in [0.4, 0.5) is 0 Å². The van der Waals surface area contributed by atoms with Crippen molar-refractivity contribution in [2.24, 2.45) is 0 Å². The van der Waals surface area contributed by atoms with Gasteiger partial charge in [0.25, 0.3) is 0 Å². The van der Waals surface area contributed by atoms with Crippen molar-refractivity contribution in [3.8, 4) is 16.9 Å². The molecule has 0 saturated heterocycles. The molecule has 0 aliphatic heterocycles. The van der Waals surface area contributed by atoms with Crippen molar-refractivity contribution in [1.29, 1.82) is 0 Å². The number of hydrogen-bond acceptors (Lipinski definition) is 1. The molecule has 0 spiro atoms. The van der Waals surface area contributed by atoms with E-state index in [9.17, 15) is 0 Å². The first kappa shape index (κ1) is 12.4. The summed E-state index contributed by atoms with van der Waals surface area (Å²) >= 11 is 0. The summed E-state index contributed by atoms with van der Waals surface area (Å²) in [4.78, 5) is 0. The van der Waals surface area contributed by atoms with E-state index < -0.39 is 0 Å². The van der Waals surface area contributed by atoms with Crippen molar-refractivity contribution in [2.75, 3.05) is 6.61 Å². The van der Waals surface area contributed by atoms with Gasteiger partial charge in [0.2, 0.25) is 0 Å². The number of rotatable bonds is 5. The fourth-order valence-electron chi connectivity index (χ4n) is 1.83. The fourth-order valence-corrected chi connectivity index (χ4v) is 1.83. The predicted molar refractivity (Wildman–Crippen MR) is 77.8 cm³/mol. The zero-order valence-corrected chi connectivity index (χ0v) is 10.7. The van der Waals surface area contributed by atoms with Crippen LogP contribution in [0.5, 0.6) is 5.75 Å². The van der Waals surface area contributed by atoms with Gasteiger partial charge in [0.05, 0.1) is 6.61 Å². The van der Waals surface area contributed by atoms with Crippen LogP contribution < -0.4 is 4.74 Å². The van der Waals surface area contributed by atoms with Crippen LogP contribution in [0, 0.1) is 0 Å². The average molecular weight is 238 g/mol. The van der Waals surface area contributed by atoms with Crippen LogP contribution in [-0.4, -0.2) is 6.61 Å². The van der Waals surface area contributed by atoms with E-state index in [4.69, 9.17) is 4.74 Å². The van der Waals surface area contributed by atoms with E-state index in [0.29, 0.717) is 0 Å². The van der Waals surface area contributed by atoms with Crippen LogP contribution in [-0.2, 0) is 0 Å². The largest absolute Gasteiger partial charge is 0.494 e. The van der Waals surface area contributed by atoms with Crippen LogP contribution in [0.1, 0.15) is 18.9 Å². The Hall–Kier alpha value is -2.02. The molecular formula is C17H18O. The van der Waals surface area contributed by atoms with Gasteiger partial charge in [0, 0.05) is 0 Å². The lowest BCUT2D eigenvalue weighted by Crippen LogP contribution is -1.94. The summed E-state index contributed by atoms with van der Waals surface area (Å²) in [6, 6.07) is 16.5. The van der Waals surface area contributed by atoms with Gasteiger partial charge >= 0.3 is 0 Å².